The summed E-state index contributed by atoms with van der Waals surface area (Å²) in [6.07, 6.45) is 6.53. The maximum Gasteiger partial charge on any atom is 0.266 e. The van der Waals surface area contributed by atoms with Crippen LogP contribution in [0.15, 0.2) is 42.0 Å². The van der Waals surface area contributed by atoms with Crippen molar-refractivity contribution in [2.45, 2.75) is 32.7 Å². The van der Waals surface area contributed by atoms with Crippen LogP contribution in [0.25, 0.3) is 5.82 Å². The second-order valence-corrected chi connectivity index (χ2v) is 8.43. The van der Waals surface area contributed by atoms with E-state index in [9.17, 15) is 4.79 Å². The van der Waals surface area contributed by atoms with Crippen molar-refractivity contribution in [3.63, 3.8) is 0 Å². The topological polar surface area (TPSA) is 97.9 Å². The highest BCUT2D eigenvalue weighted by atomic mass is 16.1. The highest BCUT2D eigenvalue weighted by Crippen LogP contribution is 2.18. The molecule has 0 unspecified atom stereocenters. The number of piperazine rings is 1. The third kappa shape index (κ3) is 4.54. The standard InChI is InChI=1S/C20H27N9O/c1-20(2,3)16-4-5-19(30)28(25-16)11-8-26-6-9-27(10-7-26)17-12-21-13-18(24-17)29-15-22-14-23-29/h4-5,12-15H,6-11H2,1-3H3. The summed E-state index contributed by atoms with van der Waals surface area (Å²) in [5, 5.41) is 8.67. The Labute approximate surface area is 175 Å². The van der Waals surface area contributed by atoms with Crippen LogP contribution in [-0.4, -0.2) is 72.1 Å². The lowest BCUT2D eigenvalue weighted by Gasteiger charge is -2.35. The smallest absolute Gasteiger partial charge is 0.266 e. The summed E-state index contributed by atoms with van der Waals surface area (Å²) >= 11 is 0. The molecule has 0 bridgehead atoms. The molecule has 10 nitrogen and oxygen atoms in total. The van der Waals surface area contributed by atoms with Crippen molar-refractivity contribution in [3.8, 4) is 5.82 Å². The molecule has 3 aromatic rings. The lowest BCUT2D eigenvalue weighted by molar-refractivity contribution is 0.241. The number of aromatic nitrogens is 7. The second-order valence-electron chi connectivity index (χ2n) is 8.43. The molecule has 10 heteroatoms. The molecule has 158 valence electrons. The minimum atomic E-state index is -0.0805. The van der Waals surface area contributed by atoms with E-state index in [-0.39, 0.29) is 11.0 Å². The van der Waals surface area contributed by atoms with Crippen LogP contribution in [0.2, 0.25) is 0 Å². The Bertz CT molecular complexity index is 1030. The first-order valence-corrected chi connectivity index (χ1v) is 10.1. The first-order chi connectivity index (χ1) is 14.4. The first kappa shape index (κ1) is 20.1. The fourth-order valence-electron chi connectivity index (χ4n) is 3.38. The zero-order valence-electron chi connectivity index (χ0n) is 17.6. The molecule has 1 saturated heterocycles. The van der Waals surface area contributed by atoms with Crippen molar-refractivity contribution < 1.29 is 0 Å². The van der Waals surface area contributed by atoms with Gasteiger partial charge < -0.3 is 4.90 Å². The number of hydrogen-bond donors (Lipinski definition) is 0. The van der Waals surface area contributed by atoms with Crippen molar-refractivity contribution in [1.82, 2.24) is 39.4 Å². The summed E-state index contributed by atoms with van der Waals surface area (Å²) in [6.45, 7) is 11.2. The molecule has 4 rings (SSSR count). The van der Waals surface area contributed by atoms with Crippen molar-refractivity contribution in [2.24, 2.45) is 0 Å². The van der Waals surface area contributed by atoms with Gasteiger partial charge in [-0.2, -0.15) is 10.2 Å². The van der Waals surface area contributed by atoms with E-state index in [1.54, 1.807) is 34.2 Å². The first-order valence-electron chi connectivity index (χ1n) is 10.1. The lowest BCUT2D eigenvalue weighted by atomic mass is 9.92. The van der Waals surface area contributed by atoms with Crippen LogP contribution in [0.5, 0.6) is 0 Å². The number of nitrogens with zero attached hydrogens (tertiary/aromatic N) is 9. The second kappa shape index (κ2) is 8.31. The predicted molar refractivity (Wildman–Crippen MR) is 113 cm³/mol. The molecule has 0 spiro atoms. The Balaban J connectivity index is 1.35. The van der Waals surface area contributed by atoms with Crippen LogP contribution in [0.1, 0.15) is 26.5 Å². The molecule has 0 radical (unpaired) electrons. The van der Waals surface area contributed by atoms with E-state index in [4.69, 9.17) is 0 Å². The summed E-state index contributed by atoms with van der Waals surface area (Å²) in [5.74, 6) is 1.48. The van der Waals surface area contributed by atoms with Crippen LogP contribution >= 0.6 is 0 Å². The van der Waals surface area contributed by atoms with Gasteiger partial charge in [0.2, 0.25) is 0 Å². The van der Waals surface area contributed by atoms with E-state index >= 15 is 0 Å². The molecule has 0 atom stereocenters. The summed E-state index contributed by atoms with van der Waals surface area (Å²) in [6, 6.07) is 3.44. The molecule has 0 aromatic carbocycles. The average molecular weight is 409 g/mol. The van der Waals surface area contributed by atoms with Crippen LogP contribution in [-0.2, 0) is 12.0 Å². The van der Waals surface area contributed by atoms with Gasteiger partial charge in [-0.3, -0.25) is 14.7 Å². The number of anilines is 1. The van der Waals surface area contributed by atoms with E-state index in [1.807, 2.05) is 6.07 Å². The van der Waals surface area contributed by atoms with Gasteiger partial charge >= 0.3 is 0 Å². The average Bonchev–Trinajstić information content (AvgIpc) is 3.28. The fourth-order valence-corrected chi connectivity index (χ4v) is 3.38. The van der Waals surface area contributed by atoms with E-state index < -0.39 is 0 Å². The summed E-state index contributed by atoms with van der Waals surface area (Å²) in [5.41, 5.74) is 0.794. The van der Waals surface area contributed by atoms with Gasteiger partial charge in [0.1, 0.15) is 18.5 Å². The van der Waals surface area contributed by atoms with E-state index in [0.29, 0.717) is 12.4 Å². The van der Waals surface area contributed by atoms with Crippen LogP contribution < -0.4 is 10.5 Å². The van der Waals surface area contributed by atoms with Gasteiger partial charge in [0.25, 0.3) is 5.56 Å². The largest absolute Gasteiger partial charge is 0.353 e. The molecular weight excluding hydrogens is 382 g/mol. The number of rotatable bonds is 5. The Hall–Kier alpha value is -3.14. The summed E-state index contributed by atoms with van der Waals surface area (Å²) in [4.78, 5) is 29.7. The van der Waals surface area contributed by atoms with Crippen molar-refractivity contribution in [2.75, 3.05) is 37.6 Å². The highest BCUT2D eigenvalue weighted by molar-refractivity contribution is 5.39. The van der Waals surface area contributed by atoms with Gasteiger partial charge in [-0.15, -0.1) is 0 Å². The molecule has 1 fully saturated rings. The van der Waals surface area contributed by atoms with Gasteiger partial charge in [-0.1, -0.05) is 20.8 Å². The Kier molecular flexibility index (Phi) is 5.58. The molecule has 3 aromatic heterocycles. The van der Waals surface area contributed by atoms with Gasteiger partial charge in [0.05, 0.1) is 24.6 Å². The van der Waals surface area contributed by atoms with Gasteiger partial charge in [-0.05, 0) is 6.07 Å². The quantitative estimate of drug-likeness (QED) is 0.608. The van der Waals surface area contributed by atoms with Crippen LogP contribution in [0.3, 0.4) is 0 Å². The van der Waals surface area contributed by atoms with Gasteiger partial charge in [0.15, 0.2) is 5.82 Å². The third-order valence-corrected chi connectivity index (χ3v) is 5.22. The molecular formula is C20H27N9O. The Morgan fingerprint density at radius 3 is 2.43 bits per heavy atom. The minimum absolute atomic E-state index is 0.0539. The molecule has 30 heavy (non-hydrogen) atoms. The summed E-state index contributed by atoms with van der Waals surface area (Å²) < 4.78 is 3.18. The fraction of sp³-hybridized carbons (Fsp3) is 0.500. The van der Waals surface area contributed by atoms with E-state index in [1.165, 1.54) is 6.33 Å². The van der Waals surface area contributed by atoms with Crippen molar-refractivity contribution >= 4 is 5.82 Å². The third-order valence-electron chi connectivity index (χ3n) is 5.22. The molecule has 0 saturated carbocycles. The Morgan fingerprint density at radius 1 is 0.967 bits per heavy atom. The molecule has 1 aliphatic heterocycles. The predicted octanol–water partition coefficient (Wildman–Crippen LogP) is 0.734. The van der Waals surface area contributed by atoms with Crippen molar-refractivity contribution in [1.29, 1.82) is 0 Å². The number of hydrogen-bond acceptors (Lipinski definition) is 8. The molecule has 0 aliphatic carbocycles. The van der Waals surface area contributed by atoms with Crippen LogP contribution in [0.4, 0.5) is 5.82 Å². The summed E-state index contributed by atoms with van der Waals surface area (Å²) in [7, 11) is 0. The normalized spacial score (nSPS) is 15.5. The van der Waals surface area contributed by atoms with Crippen LogP contribution in [0, 0.1) is 0 Å². The maximum absolute atomic E-state index is 12.2. The Morgan fingerprint density at radius 2 is 1.73 bits per heavy atom. The monoisotopic (exact) mass is 409 g/mol. The lowest BCUT2D eigenvalue weighted by Crippen LogP contribution is -2.48. The van der Waals surface area contributed by atoms with Gasteiger partial charge in [0, 0.05) is 44.2 Å². The molecule has 1 aliphatic rings. The minimum Gasteiger partial charge on any atom is -0.353 e. The molecule has 0 N–H and O–H groups in total. The SMILES string of the molecule is CC(C)(C)c1ccc(=O)n(CCN2CCN(c3cncc(-n4cncn4)n3)CC2)n1. The molecule has 0 amide bonds. The van der Waals surface area contributed by atoms with E-state index in [2.05, 4.69) is 55.7 Å². The van der Waals surface area contributed by atoms with Gasteiger partial charge in [-0.25, -0.2) is 19.3 Å². The zero-order chi connectivity index (χ0) is 21.1. The van der Waals surface area contributed by atoms with Crippen molar-refractivity contribution in [3.05, 3.63) is 53.2 Å². The zero-order valence-corrected chi connectivity index (χ0v) is 17.6. The van der Waals surface area contributed by atoms with E-state index in [0.717, 1.165) is 44.2 Å². The maximum atomic E-state index is 12.2. The molecule has 4 heterocycles. The highest BCUT2D eigenvalue weighted by Gasteiger charge is 2.20.